The second kappa shape index (κ2) is 5.11. The molecule has 0 atom stereocenters. The van der Waals surface area contributed by atoms with Gasteiger partial charge in [-0.05, 0) is 29.8 Å². The summed E-state index contributed by atoms with van der Waals surface area (Å²) in [5.41, 5.74) is 1.13. The Balaban J connectivity index is 1.90. The Labute approximate surface area is 93.0 Å². The predicted octanol–water partition coefficient (Wildman–Crippen LogP) is 1.21. The van der Waals surface area contributed by atoms with Crippen LogP contribution in [0, 0.1) is 0 Å². The summed E-state index contributed by atoms with van der Waals surface area (Å²) >= 11 is 0. The molecule has 0 aliphatic heterocycles. The summed E-state index contributed by atoms with van der Waals surface area (Å²) in [4.78, 5) is 0. The lowest BCUT2D eigenvalue weighted by atomic mass is 10.2. The third-order valence-electron chi connectivity index (χ3n) is 2.03. The van der Waals surface area contributed by atoms with E-state index in [1.165, 1.54) is 0 Å². The highest BCUT2D eigenvalue weighted by molar-refractivity contribution is 5.30. The molecule has 2 N–H and O–H groups in total. The summed E-state index contributed by atoms with van der Waals surface area (Å²) in [6, 6.07) is 7.88. The highest BCUT2D eigenvalue weighted by Crippen LogP contribution is 2.12. The Morgan fingerprint density at radius 2 is 2.12 bits per heavy atom. The van der Waals surface area contributed by atoms with Gasteiger partial charge in [-0.25, -0.2) is 0 Å². The van der Waals surface area contributed by atoms with Gasteiger partial charge in [0.1, 0.15) is 5.75 Å². The topological polar surface area (TPSA) is 75.7 Å². The first-order valence-corrected chi connectivity index (χ1v) is 5.07. The summed E-state index contributed by atoms with van der Waals surface area (Å²) in [5.74, 6) is 1.37. The van der Waals surface area contributed by atoms with E-state index >= 15 is 0 Å². The Hall–Kier alpha value is -2.11. The van der Waals surface area contributed by atoms with E-state index in [-0.39, 0.29) is 0 Å². The number of hydrogen-bond donors (Lipinski definition) is 2. The summed E-state index contributed by atoms with van der Waals surface area (Å²) < 4.78 is 5.35. The van der Waals surface area contributed by atoms with E-state index < -0.39 is 0 Å². The molecule has 0 aliphatic rings. The molecule has 2 rings (SSSR count). The molecule has 6 heteroatoms. The van der Waals surface area contributed by atoms with Crippen molar-refractivity contribution in [1.82, 2.24) is 20.6 Å². The van der Waals surface area contributed by atoms with Crippen molar-refractivity contribution >= 4 is 5.95 Å². The smallest absolute Gasteiger partial charge is 0.263 e. The third-order valence-corrected chi connectivity index (χ3v) is 2.03. The minimum absolute atomic E-state index is 0.494. The maximum absolute atomic E-state index is 5.35. The van der Waals surface area contributed by atoms with Gasteiger partial charge in [0, 0.05) is 6.54 Å². The number of tetrazole rings is 1. The van der Waals surface area contributed by atoms with Crippen LogP contribution in [-0.4, -0.2) is 27.2 Å². The van der Waals surface area contributed by atoms with Crippen LogP contribution in [0.15, 0.2) is 24.3 Å². The fourth-order valence-electron chi connectivity index (χ4n) is 1.29. The average Bonchev–Trinajstić information content (AvgIpc) is 2.82. The second-order valence-electron chi connectivity index (χ2n) is 3.17. The van der Waals surface area contributed by atoms with Gasteiger partial charge in [0.2, 0.25) is 0 Å². The second-order valence-corrected chi connectivity index (χ2v) is 3.17. The zero-order valence-electron chi connectivity index (χ0n) is 8.97. The lowest BCUT2D eigenvalue weighted by molar-refractivity contribution is 0.340. The van der Waals surface area contributed by atoms with Gasteiger partial charge >= 0.3 is 0 Å². The van der Waals surface area contributed by atoms with Crippen molar-refractivity contribution < 1.29 is 4.74 Å². The first kappa shape index (κ1) is 10.4. The van der Waals surface area contributed by atoms with Crippen molar-refractivity contribution in [2.75, 3.05) is 11.9 Å². The fraction of sp³-hybridized carbons (Fsp3) is 0.300. The van der Waals surface area contributed by atoms with E-state index in [9.17, 15) is 0 Å². The van der Waals surface area contributed by atoms with Gasteiger partial charge < -0.3 is 10.1 Å². The van der Waals surface area contributed by atoms with Crippen molar-refractivity contribution in [3.05, 3.63) is 29.8 Å². The number of aromatic amines is 1. The molecular formula is C10H13N5O. The predicted molar refractivity (Wildman–Crippen MR) is 59.1 cm³/mol. The van der Waals surface area contributed by atoms with Gasteiger partial charge in [0.15, 0.2) is 0 Å². The van der Waals surface area contributed by atoms with Crippen molar-refractivity contribution in [3.63, 3.8) is 0 Å². The van der Waals surface area contributed by atoms with Crippen LogP contribution in [-0.2, 0) is 6.54 Å². The molecule has 0 fully saturated rings. The maximum atomic E-state index is 5.35. The Morgan fingerprint density at radius 3 is 2.75 bits per heavy atom. The van der Waals surface area contributed by atoms with Crippen LogP contribution < -0.4 is 10.1 Å². The van der Waals surface area contributed by atoms with Gasteiger partial charge in [-0.15, -0.1) is 5.10 Å². The van der Waals surface area contributed by atoms with Crippen LogP contribution in [0.25, 0.3) is 0 Å². The lowest BCUT2D eigenvalue weighted by Gasteiger charge is -2.05. The highest BCUT2D eigenvalue weighted by atomic mass is 16.5. The molecule has 6 nitrogen and oxygen atoms in total. The van der Waals surface area contributed by atoms with Crippen LogP contribution >= 0.6 is 0 Å². The molecule has 0 bridgehead atoms. The van der Waals surface area contributed by atoms with Crippen LogP contribution in [0.2, 0.25) is 0 Å². The number of benzene rings is 1. The molecule has 2 aromatic rings. The van der Waals surface area contributed by atoms with Gasteiger partial charge in [0.05, 0.1) is 6.61 Å². The van der Waals surface area contributed by atoms with Crippen LogP contribution in [0.3, 0.4) is 0 Å². The minimum atomic E-state index is 0.494. The largest absolute Gasteiger partial charge is 0.494 e. The van der Waals surface area contributed by atoms with Crippen molar-refractivity contribution in [1.29, 1.82) is 0 Å². The van der Waals surface area contributed by atoms with E-state index in [1.807, 2.05) is 31.2 Å². The van der Waals surface area contributed by atoms with Gasteiger partial charge in [0.25, 0.3) is 5.95 Å². The first-order chi connectivity index (χ1) is 7.88. The van der Waals surface area contributed by atoms with E-state index in [0.29, 0.717) is 19.1 Å². The van der Waals surface area contributed by atoms with E-state index in [0.717, 1.165) is 11.3 Å². The molecule has 1 heterocycles. The Bertz CT molecular complexity index is 411. The molecule has 0 spiro atoms. The van der Waals surface area contributed by atoms with Crippen LogP contribution in [0.5, 0.6) is 5.75 Å². The highest BCUT2D eigenvalue weighted by Gasteiger charge is 1.98. The summed E-state index contributed by atoms with van der Waals surface area (Å²) in [6.45, 7) is 3.30. The standard InChI is InChI=1S/C10H13N5O/c1-2-16-9-5-3-8(4-6-9)7-11-10-12-14-15-13-10/h3-6H,2,7H2,1H3,(H2,11,12,13,14,15). The molecule has 0 unspecified atom stereocenters. The number of rotatable bonds is 5. The molecule has 16 heavy (non-hydrogen) atoms. The molecular weight excluding hydrogens is 206 g/mol. The zero-order chi connectivity index (χ0) is 11.2. The maximum Gasteiger partial charge on any atom is 0.263 e. The molecule has 84 valence electrons. The molecule has 0 amide bonds. The normalized spacial score (nSPS) is 10.1. The van der Waals surface area contributed by atoms with Crippen molar-refractivity contribution in [2.45, 2.75) is 13.5 Å². The molecule has 0 saturated heterocycles. The van der Waals surface area contributed by atoms with Crippen LogP contribution in [0.1, 0.15) is 12.5 Å². The quantitative estimate of drug-likeness (QED) is 0.790. The third kappa shape index (κ3) is 2.69. The number of nitrogens with one attached hydrogen (secondary N) is 2. The number of nitrogens with zero attached hydrogens (tertiary/aromatic N) is 3. The molecule has 0 radical (unpaired) electrons. The number of hydrogen-bond acceptors (Lipinski definition) is 5. The molecule has 0 saturated carbocycles. The van der Waals surface area contributed by atoms with Gasteiger partial charge in [-0.2, -0.15) is 5.21 Å². The fourth-order valence-corrected chi connectivity index (χ4v) is 1.29. The lowest BCUT2D eigenvalue weighted by Crippen LogP contribution is -2.01. The van der Waals surface area contributed by atoms with Gasteiger partial charge in [-0.3, -0.25) is 0 Å². The molecule has 1 aromatic carbocycles. The zero-order valence-corrected chi connectivity index (χ0v) is 8.97. The van der Waals surface area contributed by atoms with Crippen molar-refractivity contribution in [3.8, 4) is 5.75 Å². The van der Waals surface area contributed by atoms with E-state index in [1.54, 1.807) is 0 Å². The Kier molecular flexibility index (Phi) is 3.32. The minimum Gasteiger partial charge on any atom is -0.494 e. The Morgan fingerprint density at radius 1 is 1.31 bits per heavy atom. The molecule has 0 aliphatic carbocycles. The van der Waals surface area contributed by atoms with E-state index in [4.69, 9.17) is 4.74 Å². The number of anilines is 1. The first-order valence-electron chi connectivity index (χ1n) is 5.07. The summed E-state index contributed by atoms with van der Waals surface area (Å²) in [5, 5.41) is 16.5. The van der Waals surface area contributed by atoms with Crippen LogP contribution in [0.4, 0.5) is 5.95 Å². The number of ether oxygens (including phenoxy) is 1. The number of aromatic nitrogens is 4. The van der Waals surface area contributed by atoms with Crippen molar-refractivity contribution in [2.24, 2.45) is 0 Å². The van der Waals surface area contributed by atoms with E-state index in [2.05, 4.69) is 25.9 Å². The SMILES string of the molecule is CCOc1ccc(CNc2nn[nH]n2)cc1. The average molecular weight is 219 g/mol. The summed E-state index contributed by atoms with van der Waals surface area (Å²) in [7, 11) is 0. The number of H-pyrrole nitrogens is 1. The van der Waals surface area contributed by atoms with Gasteiger partial charge in [-0.1, -0.05) is 17.2 Å². The monoisotopic (exact) mass is 219 g/mol. The summed E-state index contributed by atoms with van der Waals surface area (Å²) in [6.07, 6.45) is 0. The molecule has 1 aromatic heterocycles.